The van der Waals surface area contributed by atoms with Crippen LogP contribution < -0.4 is 0 Å². The Balaban J connectivity index is 2.89. The van der Waals surface area contributed by atoms with Crippen molar-refractivity contribution in [3.8, 4) is 0 Å². The highest BCUT2D eigenvalue weighted by Gasteiger charge is 2.22. The number of nitrogens with one attached hydrogen (secondary N) is 2. The number of pyridine rings is 1. The first-order valence-electron chi connectivity index (χ1n) is 5.47. The molecule has 0 saturated heterocycles. The smallest absolute Gasteiger partial charge is 0.323 e. The second-order valence-electron chi connectivity index (χ2n) is 3.88. The maximum Gasteiger partial charge on any atom is 0.323 e. The van der Waals surface area contributed by atoms with E-state index in [0.29, 0.717) is 5.69 Å². The molecular weight excluding hydrogens is 248 g/mol. The van der Waals surface area contributed by atoms with Gasteiger partial charge < -0.3 is 15.4 Å². The number of carboxylic acids is 1. The second kappa shape index (κ2) is 6.39. The summed E-state index contributed by atoms with van der Waals surface area (Å²) in [5.74, 6) is -1.97. The molecule has 0 saturated carbocycles. The number of hydrogen-bond donors (Lipinski definition) is 3. The van der Waals surface area contributed by atoms with E-state index in [0.717, 1.165) is 4.90 Å². The summed E-state index contributed by atoms with van der Waals surface area (Å²) in [7, 11) is 0. The van der Waals surface area contributed by atoms with Crippen molar-refractivity contribution in [1.29, 1.82) is 10.8 Å². The largest absolute Gasteiger partial charge is 0.480 e. The van der Waals surface area contributed by atoms with Gasteiger partial charge in [-0.3, -0.25) is 20.0 Å². The van der Waals surface area contributed by atoms with Crippen LogP contribution in [0.3, 0.4) is 0 Å². The predicted molar refractivity (Wildman–Crippen MR) is 68.4 cm³/mol. The maximum atomic E-state index is 11.9. The van der Waals surface area contributed by atoms with Crippen LogP contribution in [0, 0.1) is 10.8 Å². The number of hydrogen-bond acceptors (Lipinski definition) is 5. The maximum absolute atomic E-state index is 11.9. The lowest BCUT2D eigenvalue weighted by Gasteiger charge is -2.20. The van der Waals surface area contributed by atoms with Crippen LogP contribution in [0.5, 0.6) is 0 Å². The van der Waals surface area contributed by atoms with Gasteiger partial charge in [-0.1, -0.05) is 6.07 Å². The third-order valence-corrected chi connectivity index (χ3v) is 2.28. The van der Waals surface area contributed by atoms with E-state index in [4.69, 9.17) is 15.9 Å². The SMILES string of the molecule is CC(=N)C(=N)C(=O)N(CC(=O)O)Cc1ccccn1. The Labute approximate surface area is 109 Å². The first-order valence-corrected chi connectivity index (χ1v) is 5.47. The highest BCUT2D eigenvalue weighted by atomic mass is 16.4. The van der Waals surface area contributed by atoms with Crippen LogP contribution in [0.4, 0.5) is 0 Å². The molecule has 0 bridgehead atoms. The van der Waals surface area contributed by atoms with Crippen LogP contribution >= 0.6 is 0 Å². The molecule has 7 heteroatoms. The number of carboxylic acid groups (broad SMARTS) is 1. The minimum absolute atomic E-state index is 0.0123. The van der Waals surface area contributed by atoms with E-state index in [1.807, 2.05) is 0 Å². The summed E-state index contributed by atoms with van der Waals surface area (Å²) in [4.78, 5) is 27.6. The normalized spacial score (nSPS) is 9.74. The van der Waals surface area contributed by atoms with E-state index in [2.05, 4.69) is 4.98 Å². The van der Waals surface area contributed by atoms with Crippen molar-refractivity contribution in [2.24, 2.45) is 0 Å². The molecule has 0 radical (unpaired) electrons. The van der Waals surface area contributed by atoms with E-state index < -0.39 is 24.1 Å². The van der Waals surface area contributed by atoms with Crippen LogP contribution in [0.15, 0.2) is 24.4 Å². The van der Waals surface area contributed by atoms with Gasteiger partial charge >= 0.3 is 5.97 Å². The molecule has 0 aliphatic carbocycles. The van der Waals surface area contributed by atoms with Crippen molar-refractivity contribution >= 4 is 23.3 Å². The van der Waals surface area contributed by atoms with Gasteiger partial charge in [0, 0.05) is 6.20 Å². The molecule has 0 aromatic carbocycles. The molecule has 1 aromatic rings. The number of amides is 1. The van der Waals surface area contributed by atoms with Gasteiger partial charge in [-0.15, -0.1) is 0 Å². The number of carbonyl (C=O) groups excluding carboxylic acids is 1. The average Bonchev–Trinajstić information content (AvgIpc) is 2.36. The van der Waals surface area contributed by atoms with Crippen LogP contribution in [-0.2, 0) is 16.1 Å². The van der Waals surface area contributed by atoms with Gasteiger partial charge in [-0.05, 0) is 19.1 Å². The molecule has 0 fully saturated rings. The molecular formula is C12H14N4O3. The van der Waals surface area contributed by atoms with Crippen molar-refractivity contribution in [3.63, 3.8) is 0 Å². The summed E-state index contributed by atoms with van der Waals surface area (Å²) in [5, 5.41) is 23.5. The minimum atomic E-state index is -1.18. The first-order chi connectivity index (χ1) is 8.91. The zero-order valence-electron chi connectivity index (χ0n) is 10.4. The standard InChI is InChI=1S/C12H14N4O3/c1-8(13)11(14)12(19)16(7-10(17)18)6-9-4-2-3-5-15-9/h2-5,13-14H,6-7H2,1H3,(H,17,18). The van der Waals surface area contributed by atoms with Gasteiger partial charge in [0.25, 0.3) is 5.91 Å². The minimum Gasteiger partial charge on any atom is -0.480 e. The molecule has 0 aliphatic heterocycles. The molecule has 1 aromatic heterocycles. The first kappa shape index (κ1) is 14.5. The van der Waals surface area contributed by atoms with E-state index >= 15 is 0 Å². The fraction of sp³-hybridized carbons (Fsp3) is 0.250. The van der Waals surface area contributed by atoms with Gasteiger partial charge in [-0.2, -0.15) is 0 Å². The van der Waals surface area contributed by atoms with E-state index in [1.165, 1.54) is 13.1 Å². The van der Waals surface area contributed by atoms with E-state index in [-0.39, 0.29) is 12.3 Å². The van der Waals surface area contributed by atoms with Gasteiger partial charge in [0.2, 0.25) is 0 Å². The van der Waals surface area contributed by atoms with E-state index in [1.54, 1.807) is 18.2 Å². The summed E-state index contributed by atoms with van der Waals surface area (Å²) in [6.45, 7) is 0.757. The van der Waals surface area contributed by atoms with Gasteiger partial charge in [-0.25, -0.2) is 0 Å². The Bertz CT molecular complexity index is 513. The van der Waals surface area contributed by atoms with Gasteiger partial charge in [0.1, 0.15) is 12.3 Å². The number of nitrogens with zero attached hydrogens (tertiary/aromatic N) is 2. The third kappa shape index (κ3) is 4.30. The van der Waals surface area contributed by atoms with E-state index in [9.17, 15) is 9.59 Å². The van der Waals surface area contributed by atoms with Gasteiger partial charge in [0.05, 0.1) is 18.0 Å². The molecule has 7 nitrogen and oxygen atoms in total. The van der Waals surface area contributed by atoms with Crippen LogP contribution in [0.25, 0.3) is 0 Å². The Hall–Kier alpha value is -2.57. The molecule has 0 spiro atoms. The third-order valence-electron chi connectivity index (χ3n) is 2.28. The quantitative estimate of drug-likeness (QED) is 0.649. The summed E-state index contributed by atoms with van der Waals surface area (Å²) >= 11 is 0. The lowest BCUT2D eigenvalue weighted by Crippen LogP contribution is -2.41. The van der Waals surface area contributed by atoms with Crippen LogP contribution in [0.1, 0.15) is 12.6 Å². The second-order valence-corrected chi connectivity index (χ2v) is 3.88. The molecule has 0 unspecified atom stereocenters. The Morgan fingerprint density at radius 1 is 1.37 bits per heavy atom. The molecule has 1 heterocycles. The average molecular weight is 262 g/mol. The highest BCUT2D eigenvalue weighted by molar-refractivity contribution is 6.64. The zero-order chi connectivity index (χ0) is 14.4. The summed E-state index contributed by atoms with van der Waals surface area (Å²) < 4.78 is 0. The predicted octanol–water partition coefficient (Wildman–Crippen LogP) is 0.554. The summed E-state index contributed by atoms with van der Waals surface area (Å²) in [5.41, 5.74) is -0.203. The van der Waals surface area contributed by atoms with Crippen molar-refractivity contribution in [2.75, 3.05) is 6.54 Å². The van der Waals surface area contributed by atoms with Gasteiger partial charge in [0.15, 0.2) is 0 Å². The monoisotopic (exact) mass is 262 g/mol. The number of rotatable bonds is 6. The number of aromatic nitrogens is 1. The molecule has 100 valence electrons. The molecule has 1 rings (SSSR count). The molecule has 0 aliphatic rings. The highest BCUT2D eigenvalue weighted by Crippen LogP contribution is 2.03. The fourth-order valence-electron chi connectivity index (χ4n) is 1.37. The number of aliphatic carboxylic acids is 1. The molecule has 19 heavy (non-hydrogen) atoms. The molecule has 3 N–H and O–H groups in total. The lowest BCUT2D eigenvalue weighted by molar-refractivity contribution is -0.142. The Morgan fingerprint density at radius 3 is 2.53 bits per heavy atom. The number of carbonyl (C=O) groups is 2. The Kier molecular flexibility index (Phi) is 4.87. The van der Waals surface area contributed by atoms with Crippen molar-refractivity contribution in [1.82, 2.24) is 9.88 Å². The van der Waals surface area contributed by atoms with Crippen LogP contribution in [0.2, 0.25) is 0 Å². The van der Waals surface area contributed by atoms with Crippen molar-refractivity contribution < 1.29 is 14.7 Å². The molecule has 0 atom stereocenters. The zero-order valence-corrected chi connectivity index (χ0v) is 10.4. The van der Waals surface area contributed by atoms with Crippen molar-refractivity contribution in [3.05, 3.63) is 30.1 Å². The lowest BCUT2D eigenvalue weighted by atomic mass is 10.2. The summed E-state index contributed by atoms with van der Waals surface area (Å²) in [6.07, 6.45) is 1.53. The molecule has 1 amide bonds. The fourth-order valence-corrected chi connectivity index (χ4v) is 1.37. The van der Waals surface area contributed by atoms with Crippen molar-refractivity contribution in [2.45, 2.75) is 13.5 Å². The Morgan fingerprint density at radius 2 is 2.05 bits per heavy atom. The van der Waals surface area contributed by atoms with Crippen LogP contribution in [-0.4, -0.2) is 44.8 Å². The topological polar surface area (TPSA) is 118 Å². The summed E-state index contributed by atoms with van der Waals surface area (Å²) in [6, 6.07) is 5.08.